The van der Waals surface area contributed by atoms with Gasteiger partial charge in [-0.15, -0.1) is 0 Å². The molecule has 2 aromatic carbocycles. The zero-order valence-corrected chi connectivity index (χ0v) is 11.6. The van der Waals surface area contributed by atoms with Gasteiger partial charge in [0, 0.05) is 22.7 Å². The Morgan fingerprint density at radius 2 is 2.00 bits per heavy atom. The Morgan fingerprint density at radius 1 is 1.16 bits per heavy atom. The first-order valence-electron chi connectivity index (χ1n) is 6.49. The van der Waals surface area contributed by atoms with Crippen molar-refractivity contribution in [2.75, 3.05) is 11.9 Å². The van der Waals surface area contributed by atoms with Crippen LogP contribution in [0.25, 0.3) is 0 Å². The van der Waals surface area contributed by atoms with Crippen LogP contribution in [0.5, 0.6) is 5.75 Å². The van der Waals surface area contributed by atoms with Gasteiger partial charge in [0.25, 0.3) is 0 Å². The van der Waals surface area contributed by atoms with Gasteiger partial charge in [0.2, 0.25) is 0 Å². The van der Waals surface area contributed by atoms with Crippen molar-refractivity contribution in [3.8, 4) is 5.75 Å². The Kier molecular flexibility index (Phi) is 3.34. The summed E-state index contributed by atoms with van der Waals surface area (Å²) in [7, 11) is 0. The summed E-state index contributed by atoms with van der Waals surface area (Å²) >= 11 is 6.17. The third-order valence-electron chi connectivity index (χ3n) is 3.56. The second-order valence-corrected chi connectivity index (χ2v) is 5.19. The van der Waals surface area contributed by atoms with Crippen molar-refractivity contribution >= 4 is 17.3 Å². The molecule has 2 aromatic rings. The molecule has 1 unspecified atom stereocenters. The molecule has 3 heteroatoms. The molecule has 0 amide bonds. The third-order valence-corrected chi connectivity index (χ3v) is 3.97. The Hall–Kier alpha value is -1.67. The molecular formula is C16H16ClNO. The van der Waals surface area contributed by atoms with Gasteiger partial charge in [-0.05, 0) is 30.7 Å². The molecule has 1 aliphatic heterocycles. The highest BCUT2D eigenvalue weighted by molar-refractivity contribution is 6.31. The average Bonchev–Trinajstić information content (AvgIpc) is 2.44. The summed E-state index contributed by atoms with van der Waals surface area (Å²) in [5.41, 5.74) is 3.40. The van der Waals surface area contributed by atoms with Gasteiger partial charge in [-0.3, -0.25) is 0 Å². The predicted molar refractivity (Wildman–Crippen MR) is 79.1 cm³/mol. The zero-order chi connectivity index (χ0) is 13.2. The van der Waals surface area contributed by atoms with Gasteiger partial charge in [0.1, 0.15) is 5.75 Å². The minimum atomic E-state index is 0.280. The maximum atomic E-state index is 6.17. The van der Waals surface area contributed by atoms with Crippen LogP contribution in [0.2, 0.25) is 5.02 Å². The highest BCUT2D eigenvalue weighted by atomic mass is 35.5. The zero-order valence-electron chi connectivity index (χ0n) is 10.8. The first-order valence-corrected chi connectivity index (χ1v) is 6.87. The first-order chi connectivity index (χ1) is 9.25. The molecule has 1 aliphatic rings. The molecule has 0 aliphatic carbocycles. The van der Waals surface area contributed by atoms with Gasteiger partial charge in [-0.1, -0.05) is 35.9 Å². The average molecular weight is 274 g/mol. The monoisotopic (exact) mass is 273 g/mol. The summed E-state index contributed by atoms with van der Waals surface area (Å²) < 4.78 is 5.68. The van der Waals surface area contributed by atoms with Crippen LogP contribution in [0.4, 0.5) is 5.69 Å². The third kappa shape index (κ3) is 2.41. The normalized spacial score (nSPS) is 17.5. The fraction of sp³-hybridized carbons (Fsp3) is 0.250. The van der Waals surface area contributed by atoms with Gasteiger partial charge in [0.05, 0.1) is 12.6 Å². The molecular weight excluding hydrogens is 258 g/mol. The van der Waals surface area contributed by atoms with Crippen LogP contribution in [0.1, 0.15) is 23.6 Å². The minimum Gasteiger partial charge on any atom is -0.493 e. The number of para-hydroxylation sites is 1. The van der Waals surface area contributed by atoms with Crippen LogP contribution in [0, 0.1) is 6.92 Å². The van der Waals surface area contributed by atoms with E-state index in [1.807, 2.05) is 37.3 Å². The number of hydrogen-bond donors (Lipinski definition) is 1. The van der Waals surface area contributed by atoms with E-state index >= 15 is 0 Å². The highest BCUT2D eigenvalue weighted by Crippen LogP contribution is 2.35. The molecule has 0 saturated carbocycles. The molecule has 0 radical (unpaired) electrons. The number of anilines is 1. The largest absolute Gasteiger partial charge is 0.493 e. The number of nitrogens with one attached hydrogen (secondary N) is 1. The van der Waals surface area contributed by atoms with Crippen LogP contribution >= 0.6 is 11.6 Å². The smallest absolute Gasteiger partial charge is 0.124 e. The molecule has 19 heavy (non-hydrogen) atoms. The van der Waals surface area contributed by atoms with Crippen LogP contribution in [0.15, 0.2) is 42.5 Å². The van der Waals surface area contributed by atoms with Gasteiger partial charge < -0.3 is 10.1 Å². The molecule has 2 nitrogen and oxygen atoms in total. The second kappa shape index (κ2) is 5.14. The molecule has 0 aromatic heterocycles. The lowest BCUT2D eigenvalue weighted by atomic mass is 10.00. The molecule has 1 N–H and O–H groups in total. The summed E-state index contributed by atoms with van der Waals surface area (Å²) in [6, 6.07) is 14.4. The van der Waals surface area contributed by atoms with Gasteiger partial charge in [-0.2, -0.15) is 0 Å². The number of rotatable bonds is 2. The summed E-state index contributed by atoms with van der Waals surface area (Å²) in [5.74, 6) is 0.978. The van der Waals surface area contributed by atoms with E-state index < -0.39 is 0 Å². The Labute approximate surface area is 118 Å². The summed E-state index contributed by atoms with van der Waals surface area (Å²) in [6.45, 7) is 2.78. The van der Waals surface area contributed by atoms with E-state index in [1.165, 1.54) is 5.56 Å². The van der Waals surface area contributed by atoms with Crippen molar-refractivity contribution < 1.29 is 4.74 Å². The molecule has 1 heterocycles. The van der Waals surface area contributed by atoms with Gasteiger partial charge in [-0.25, -0.2) is 0 Å². The number of halogens is 1. The number of benzene rings is 2. The van der Waals surface area contributed by atoms with Crippen molar-refractivity contribution in [3.63, 3.8) is 0 Å². The molecule has 0 bridgehead atoms. The van der Waals surface area contributed by atoms with Crippen molar-refractivity contribution in [1.82, 2.24) is 0 Å². The van der Waals surface area contributed by atoms with E-state index in [9.17, 15) is 0 Å². The Bertz CT molecular complexity index is 597. The lowest BCUT2D eigenvalue weighted by Crippen LogP contribution is -2.20. The number of hydrogen-bond acceptors (Lipinski definition) is 2. The van der Waals surface area contributed by atoms with E-state index in [1.54, 1.807) is 0 Å². The lowest BCUT2D eigenvalue weighted by Gasteiger charge is -2.28. The highest BCUT2D eigenvalue weighted by Gasteiger charge is 2.21. The Balaban J connectivity index is 1.91. The number of fused-ring (bicyclic) bond motifs is 1. The predicted octanol–water partition coefficient (Wildman–Crippen LogP) is 4.58. The molecule has 0 saturated heterocycles. The van der Waals surface area contributed by atoms with Gasteiger partial charge in [0.15, 0.2) is 0 Å². The van der Waals surface area contributed by atoms with Crippen LogP contribution in [-0.4, -0.2) is 6.61 Å². The minimum absolute atomic E-state index is 0.280. The van der Waals surface area contributed by atoms with E-state index in [-0.39, 0.29) is 6.04 Å². The SMILES string of the molecule is Cc1c(Cl)cccc1NC1CCOc2ccccc21. The standard InChI is InChI=1S/C16H16ClNO/c1-11-13(17)6-4-7-14(11)18-15-9-10-19-16-8-3-2-5-12(15)16/h2-8,15,18H,9-10H2,1H3. The second-order valence-electron chi connectivity index (χ2n) is 4.78. The molecule has 3 rings (SSSR count). The van der Waals surface area contributed by atoms with Crippen molar-refractivity contribution in [2.45, 2.75) is 19.4 Å². The molecule has 0 spiro atoms. The van der Waals surface area contributed by atoms with Gasteiger partial charge >= 0.3 is 0 Å². The van der Waals surface area contributed by atoms with Crippen LogP contribution in [0.3, 0.4) is 0 Å². The van der Waals surface area contributed by atoms with Crippen molar-refractivity contribution in [1.29, 1.82) is 0 Å². The summed E-state index contributed by atoms with van der Waals surface area (Å²) in [5, 5.41) is 4.38. The van der Waals surface area contributed by atoms with Crippen LogP contribution < -0.4 is 10.1 Å². The topological polar surface area (TPSA) is 21.3 Å². The number of ether oxygens (including phenoxy) is 1. The van der Waals surface area contributed by atoms with E-state index in [0.29, 0.717) is 0 Å². The fourth-order valence-electron chi connectivity index (χ4n) is 2.44. The van der Waals surface area contributed by atoms with Crippen molar-refractivity contribution in [3.05, 3.63) is 58.6 Å². The first kappa shape index (κ1) is 12.4. The van der Waals surface area contributed by atoms with E-state index in [2.05, 4.69) is 17.4 Å². The molecule has 98 valence electrons. The van der Waals surface area contributed by atoms with Crippen molar-refractivity contribution in [2.24, 2.45) is 0 Å². The van der Waals surface area contributed by atoms with Crippen LogP contribution in [-0.2, 0) is 0 Å². The van der Waals surface area contributed by atoms with E-state index in [0.717, 1.165) is 35.1 Å². The quantitative estimate of drug-likeness (QED) is 0.864. The Morgan fingerprint density at radius 3 is 2.89 bits per heavy atom. The molecule has 1 atom stereocenters. The maximum absolute atomic E-state index is 6.17. The maximum Gasteiger partial charge on any atom is 0.124 e. The summed E-state index contributed by atoms with van der Waals surface area (Å²) in [6.07, 6.45) is 0.961. The lowest BCUT2D eigenvalue weighted by molar-refractivity contribution is 0.274. The molecule has 0 fully saturated rings. The fourth-order valence-corrected chi connectivity index (χ4v) is 2.62. The summed E-state index contributed by atoms with van der Waals surface area (Å²) in [4.78, 5) is 0. The van der Waals surface area contributed by atoms with E-state index in [4.69, 9.17) is 16.3 Å².